The second-order valence-corrected chi connectivity index (χ2v) is 4.78. The van der Waals surface area contributed by atoms with Gasteiger partial charge >= 0.3 is 0 Å². The minimum Gasteiger partial charge on any atom is -0.375 e. The smallest absolute Gasteiger partial charge is 0.0698 e. The van der Waals surface area contributed by atoms with Crippen molar-refractivity contribution in [3.05, 3.63) is 35.9 Å². The summed E-state index contributed by atoms with van der Waals surface area (Å²) in [7, 11) is 0. The molecule has 0 bridgehead atoms. The Hall–Kier alpha value is -0.820. The lowest BCUT2D eigenvalue weighted by Crippen LogP contribution is -2.27. The second-order valence-electron chi connectivity index (χ2n) is 4.78. The van der Waals surface area contributed by atoms with Gasteiger partial charge in [0.15, 0.2) is 0 Å². The summed E-state index contributed by atoms with van der Waals surface area (Å²) in [6.45, 7) is 7.53. The first-order valence-electron chi connectivity index (χ1n) is 5.30. The van der Waals surface area contributed by atoms with Gasteiger partial charge in [0, 0.05) is 5.92 Å². The third-order valence-electron chi connectivity index (χ3n) is 3.19. The highest BCUT2D eigenvalue weighted by atomic mass is 16.5. The lowest BCUT2D eigenvalue weighted by atomic mass is 9.79. The van der Waals surface area contributed by atoms with Crippen molar-refractivity contribution >= 4 is 0 Å². The molecule has 2 rings (SSSR count). The molecule has 1 heteroatoms. The predicted molar refractivity (Wildman–Crippen MR) is 58.4 cm³/mol. The van der Waals surface area contributed by atoms with Crippen molar-refractivity contribution in [2.24, 2.45) is 5.92 Å². The fourth-order valence-corrected chi connectivity index (χ4v) is 2.61. The Kier molecular flexibility index (Phi) is 2.36. The van der Waals surface area contributed by atoms with Crippen molar-refractivity contribution in [2.45, 2.75) is 32.3 Å². The third-order valence-corrected chi connectivity index (χ3v) is 3.19. The highest BCUT2D eigenvalue weighted by Crippen LogP contribution is 2.42. The fourth-order valence-electron chi connectivity index (χ4n) is 2.61. The van der Waals surface area contributed by atoms with Gasteiger partial charge in [-0.05, 0) is 25.3 Å². The maximum Gasteiger partial charge on any atom is 0.0698 e. The van der Waals surface area contributed by atoms with E-state index in [2.05, 4.69) is 51.1 Å². The van der Waals surface area contributed by atoms with Crippen molar-refractivity contribution in [3.63, 3.8) is 0 Å². The zero-order valence-electron chi connectivity index (χ0n) is 9.16. The van der Waals surface area contributed by atoms with Crippen LogP contribution in [0.15, 0.2) is 30.3 Å². The van der Waals surface area contributed by atoms with E-state index < -0.39 is 0 Å². The van der Waals surface area contributed by atoms with Crippen molar-refractivity contribution in [3.8, 4) is 0 Å². The summed E-state index contributed by atoms with van der Waals surface area (Å²) in [5.41, 5.74) is 1.39. The molecule has 1 heterocycles. The Balaban J connectivity index is 2.33. The minimum atomic E-state index is -0.0131. The summed E-state index contributed by atoms with van der Waals surface area (Å²) < 4.78 is 5.82. The summed E-state index contributed by atoms with van der Waals surface area (Å²) in [5.74, 6) is 1.15. The van der Waals surface area contributed by atoms with E-state index in [-0.39, 0.29) is 5.60 Å². The zero-order valence-corrected chi connectivity index (χ0v) is 9.16. The number of rotatable bonds is 1. The van der Waals surface area contributed by atoms with Gasteiger partial charge in [-0.3, -0.25) is 0 Å². The topological polar surface area (TPSA) is 9.23 Å². The minimum absolute atomic E-state index is 0.0131. The first-order valence-corrected chi connectivity index (χ1v) is 5.30. The maximum atomic E-state index is 5.82. The van der Waals surface area contributed by atoms with Gasteiger partial charge in [-0.25, -0.2) is 0 Å². The number of hydrogen-bond acceptors (Lipinski definition) is 1. The molecular weight excluding hydrogens is 172 g/mol. The van der Waals surface area contributed by atoms with Gasteiger partial charge in [0.2, 0.25) is 0 Å². The molecule has 0 aromatic heterocycles. The van der Waals surface area contributed by atoms with Crippen LogP contribution in [0.2, 0.25) is 0 Å². The second kappa shape index (κ2) is 3.39. The van der Waals surface area contributed by atoms with Crippen molar-refractivity contribution < 1.29 is 4.74 Å². The Bertz CT molecular complexity index is 302. The van der Waals surface area contributed by atoms with Gasteiger partial charge in [-0.1, -0.05) is 37.3 Å². The molecule has 0 spiro atoms. The van der Waals surface area contributed by atoms with E-state index in [4.69, 9.17) is 4.74 Å². The molecule has 1 nitrogen and oxygen atoms in total. The molecule has 0 N–H and O–H groups in total. The summed E-state index contributed by atoms with van der Waals surface area (Å²) in [5, 5.41) is 0. The van der Waals surface area contributed by atoms with Crippen LogP contribution >= 0.6 is 0 Å². The zero-order chi connectivity index (χ0) is 10.2. The van der Waals surface area contributed by atoms with E-state index in [1.165, 1.54) is 5.56 Å². The first-order chi connectivity index (χ1) is 6.61. The summed E-state index contributed by atoms with van der Waals surface area (Å²) in [6.07, 6.45) is 0. The number of hydrogen-bond donors (Lipinski definition) is 0. The van der Waals surface area contributed by atoms with E-state index >= 15 is 0 Å². The van der Waals surface area contributed by atoms with Gasteiger partial charge in [0.25, 0.3) is 0 Å². The van der Waals surface area contributed by atoms with Crippen LogP contribution in [0.1, 0.15) is 32.3 Å². The molecule has 2 unspecified atom stereocenters. The summed E-state index contributed by atoms with van der Waals surface area (Å²) in [6, 6.07) is 10.7. The largest absolute Gasteiger partial charge is 0.375 e. The molecule has 1 fully saturated rings. The van der Waals surface area contributed by atoms with Gasteiger partial charge in [0.1, 0.15) is 0 Å². The molecular formula is C13H18O. The highest BCUT2D eigenvalue weighted by molar-refractivity contribution is 5.24. The Morgan fingerprint density at radius 3 is 2.36 bits per heavy atom. The van der Waals surface area contributed by atoms with E-state index in [0.29, 0.717) is 11.8 Å². The predicted octanol–water partition coefficient (Wildman–Crippen LogP) is 3.22. The normalized spacial score (nSPS) is 30.5. The Morgan fingerprint density at radius 2 is 1.86 bits per heavy atom. The highest BCUT2D eigenvalue weighted by Gasteiger charge is 2.41. The van der Waals surface area contributed by atoms with E-state index in [0.717, 1.165) is 6.61 Å². The molecule has 0 amide bonds. The fraction of sp³-hybridized carbons (Fsp3) is 0.538. The molecule has 0 radical (unpaired) electrons. The molecule has 1 aromatic carbocycles. The number of benzene rings is 1. The van der Waals surface area contributed by atoms with Crippen LogP contribution in [0, 0.1) is 5.92 Å². The van der Waals surface area contributed by atoms with Crippen molar-refractivity contribution in [1.82, 2.24) is 0 Å². The summed E-state index contributed by atoms with van der Waals surface area (Å²) in [4.78, 5) is 0. The Labute approximate surface area is 86.1 Å². The first kappa shape index (κ1) is 9.72. The molecule has 76 valence electrons. The van der Waals surface area contributed by atoms with Crippen LogP contribution in [0.5, 0.6) is 0 Å². The lowest BCUT2D eigenvalue weighted by Gasteiger charge is -2.28. The van der Waals surface area contributed by atoms with Crippen LogP contribution in [-0.4, -0.2) is 12.2 Å². The monoisotopic (exact) mass is 190 g/mol. The van der Waals surface area contributed by atoms with Crippen LogP contribution in [0.4, 0.5) is 0 Å². The molecule has 1 aromatic rings. The summed E-state index contributed by atoms with van der Waals surface area (Å²) >= 11 is 0. The van der Waals surface area contributed by atoms with Gasteiger partial charge in [-0.2, -0.15) is 0 Å². The van der Waals surface area contributed by atoms with E-state index in [1.54, 1.807) is 0 Å². The molecule has 2 atom stereocenters. The van der Waals surface area contributed by atoms with Crippen LogP contribution in [0.25, 0.3) is 0 Å². The molecule has 1 aliphatic heterocycles. The van der Waals surface area contributed by atoms with Gasteiger partial charge < -0.3 is 4.74 Å². The average molecular weight is 190 g/mol. The van der Waals surface area contributed by atoms with Crippen molar-refractivity contribution in [2.75, 3.05) is 6.61 Å². The van der Waals surface area contributed by atoms with E-state index in [1.807, 2.05) is 0 Å². The van der Waals surface area contributed by atoms with Crippen LogP contribution in [0.3, 0.4) is 0 Å². The van der Waals surface area contributed by atoms with Crippen molar-refractivity contribution in [1.29, 1.82) is 0 Å². The molecule has 14 heavy (non-hydrogen) atoms. The molecule has 0 saturated carbocycles. The van der Waals surface area contributed by atoms with Gasteiger partial charge in [-0.15, -0.1) is 0 Å². The molecule has 0 aliphatic carbocycles. The van der Waals surface area contributed by atoms with Crippen LogP contribution < -0.4 is 0 Å². The maximum absolute atomic E-state index is 5.82. The van der Waals surface area contributed by atoms with Crippen LogP contribution in [-0.2, 0) is 4.74 Å². The Morgan fingerprint density at radius 1 is 1.21 bits per heavy atom. The molecule has 1 saturated heterocycles. The standard InChI is InChI=1S/C13H18O/c1-10-9-14-13(2,3)12(10)11-7-5-4-6-8-11/h4-8,10,12H,9H2,1-3H3. The third kappa shape index (κ3) is 1.57. The van der Waals surface area contributed by atoms with Gasteiger partial charge in [0.05, 0.1) is 12.2 Å². The quantitative estimate of drug-likeness (QED) is 0.660. The SMILES string of the molecule is CC1COC(C)(C)C1c1ccccc1. The molecule has 1 aliphatic rings. The van der Waals surface area contributed by atoms with E-state index in [9.17, 15) is 0 Å². The lowest BCUT2D eigenvalue weighted by molar-refractivity contribution is 0.0265. The number of ether oxygens (including phenoxy) is 1. The average Bonchev–Trinajstić information content (AvgIpc) is 2.42.